The van der Waals surface area contributed by atoms with E-state index in [0.29, 0.717) is 28.8 Å². The number of imidazole rings is 1. The number of hydrogen-bond acceptors (Lipinski definition) is 9. The van der Waals surface area contributed by atoms with Crippen LogP contribution in [-0.4, -0.2) is 61.1 Å². The van der Waals surface area contributed by atoms with Crippen molar-refractivity contribution in [2.45, 2.75) is 42.2 Å². The van der Waals surface area contributed by atoms with E-state index in [0.717, 1.165) is 12.8 Å². The van der Waals surface area contributed by atoms with Gasteiger partial charge in [0.1, 0.15) is 18.0 Å². The van der Waals surface area contributed by atoms with Gasteiger partial charge >= 0.3 is 0 Å². The van der Waals surface area contributed by atoms with Crippen molar-refractivity contribution in [3.05, 3.63) is 36.7 Å². The standard InChI is InChI=1S/C22H23ClN6O4/c1-2-22(23)17(30)15(10-31-12-32-14-6-4-3-5-7-14)33-20(22)29-11-25-16-18(26-13-8-9-13)27-21(24)28-19(16)29/h1,3-7,11,13,15,17,20,30H,8-10,12H2,(H3,24,26,27,28)/t15-,17-,20-,22-/m1/s1. The molecule has 3 heterocycles. The van der Waals surface area contributed by atoms with Gasteiger partial charge in [-0.2, -0.15) is 9.97 Å². The molecule has 0 amide bonds. The summed E-state index contributed by atoms with van der Waals surface area (Å²) in [6.45, 7) is -0.0144. The summed E-state index contributed by atoms with van der Waals surface area (Å²) < 4.78 is 18.7. The van der Waals surface area contributed by atoms with Gasteiger partial charge in [-0.3, -0.25) is 4.57 Å². The number of terminal acetylenes is 1. The van der Waals surface area contributed by atoms with Gasteiger partial charge in [0.05, 0.1) is 12.9 Å². The summed E-state index contributed by atoms with van der Waals surface area (Å²) in [4.78, 5) is 11.4. The third-order valence-corrected chi connectivity index (χ3v) is 6.13. The number of ether oxygens (including phenoxy) is 3. The van der Waals surface area contributed by atoms with Crippen LogP contribution >= 0.6 is 11.6 Å². The summed E-state index contributed by atoms with van der Waals surface area (Å²) in [5, 5.41) is 14.2. The van der Waals surface area contributed by atoms with Gasteiger partial charge in [-0.05, 0) is 25.0 Å². The van der Waals surface area contributed by atoms with Crippen molar-refractivity contribution in [1.82, 2.24) is 19.5 Å². The third kappa shape index (κ3) is 4.16. The molecule has 3 aromatic rings. The molecule has 172 valence electrons. The third-order valence-electron chi connectivity index (χ3n) is 5.61. The molecule has 0 bridgehead atoms. The Labute approximate surface area is 195 Å². The molecule has 0 spiro atoms. The number of para-hydroxylation sites is 1. The normalized spacial score (nSPS) is 26.9. The fourth-order valence-electron chi connectivity index (χ4n) is 3.73. The zero-order valence-electron chi connectivity index (χ0n) is 17.6. The maximum Gasteiger partial charge on any atom is 0.224 e. The molecule has 2 aliphatic rings. The Morgan fingerprint density at radius 1 is 1.33 bits per heavy atom. The Bertz CT molecular complexity index is 1180. The second-order valence-corrected chi connectivity index (χ2v) is 8.63. The largest absolute Gasteiger partial charge is 0.468 e. The first-order valence-electron chi connectivity index (χ1n) is 10.5. The highest BCUT2D eigenvalue weighted by Gasteiger charge is 2.56. The van der Waals surface area contributed by atoms with Crippen molar-refractivity contribution in [3.63, 3.8) is 0 Å². The van der Waals surface area contributed by atoms with E-state index in [-0.39, 0.29) is 19.3 Å². The fourth-order valence-corrected chi connectivity index (χ4v) is 4.03. The van der Waals surface area contributed by atoms with Crippen molar-refractivity contribution in [3.8, 4) is 18.1 Å². The van der Waals surface area contributed by atoms with Crippen molar-refractivity contribution in [2.75, 3.05) is 24.5 Å². The summed E-state index contributed by atoms with van der Waals surface area (Å²) in [6.07, 6.45) is 6.37. The number of aliphatic hydroxyl groups is 1. The Hall–Kier alpha value is -3.10. The zero-order chi connectivity index (χ0) is 23.0. The molecule has 4 N–H and O–H groups in total. The van der Waals surface area contributed by atoms with Crippen LogP contribution in [0.2, 0.25) is 0 Å². The van der Waals surface area contributed by atoms with Crippen LogP contribution in [0.4, 0.5) is 11.8 Å². The minimum atomic E-state index is -1.58. The molecule has 5 rings (SSSR count). The number of aromatic nitrogens is 4. The van der Waals surface area contributed by atoms with Gasteiger partial charge in [-0.1, -0.05) is 35.7 Å². The van der Waals surface area contributed by atoms with Crippen molar-refractivity contribution in [1.29, 1.82) is 0 Å². The SMILES string of the molecule is C#C[C@@]1(Cl)[C@H](O)[C@@H](COCOc2ccccc2)O[C@H]1n1cnc2c(NC3CC3)nc(N)nc21. The summed E-state index contributed by atoms with van der Waals surface area (Å²) >= 11 is 6.70. The first-order valence-corrected chi connectivity index (χ1v) is 10.9. The molecule has 2 aromatic heterocycles. The number of halogens is 1. The maximum atomic E-state index is 10.9. The van der Waals surface area contributed by atoms with Gasteiger partial charge in [-0.15, -0.1) is 6.42 Å². The summed E-state index contributed by atoms with van der Waals surface area (Å²) in [7, 11) is 0. The van der Waals surface area contributed by atoms with Crippen molar-refractivity contribution < 1.29 is 19.3 Å². The van der Waals surface area contributed by atoms with Gasteiger partial charge in [0.15, 0.2) is 34.9 Å². The predicted molar refractivity (Wildman–Crippen MR) is 122 cm³/mol. The second-order valence-electron chi connectivity index (χ2n) is 8.00. The lowest BCUT2D eigenvalue weighted by atomic mass is 9.99. The number of anilines is 2. The van der Waals surface area contributed by atoms with Crippen LogP contribution in [0.5, 0.6) is 5.75 Å². The number of nitrogens with zero attached hydrogens (tertiary/aromatic N) is 4. The molecule has 4 atom stereocenters. The Morgan fingerprint density at radius 2 is 2.12 bits per heavy atom. The maximum absolute atomic E-state index is 10.9. The number of aliphatic hydroxyl groups excluding tert-OH is 1. The van der Waals surface area contributed by atoms with E-state index in [9.17, 15) is 5.11 Å². The number of rotatable bonds is 8. The van der Waals surface area contributed by atoms with Crippen LogP contribution in [0.25, 0.3) is 11.2 Å². The lowest BCUT2D eigenvalue weighted by Gasteiger charge is -2.25. The smallest absolute Gasteiger partial charge is 0.224 e. The van der Waals surface area contributed by atoms with Crippen molar-refractivity contribution >= 4 is 34.5 Å². The number of alkyl halides is 1. The van der Waals surface area contributed by atoms with E-state index < -0.39 is 23.3 Å². The molecule has 33 heavy (non-hydrogen) atoms. The highest BCUT2D eigenvalue weighted by molar-refractivity contribution is 6.27. The summed E-state index contributed by atoms with van der Waals surface area (Å²) in [6, 6.07) is 9.57. The minimum Gasteiger partial charge on any atom is -0.468 e. The number of nitrogen functional groups attached to an aromatic ring is 1. The first kappa shape index (κ1) is 21.7. The molecule has 1 aromatic carbocycles. The highest BCUT2D eigenvalue weighted by atomic mass is 35.5. The van der Waals surface area contributed by atoms with E-state index in [2.05, 4.69) is 26.2 Å². The molecule has 11 heteroatoms. The zero-order valence-corrected chi connectivity index (χ0v) is 18.4. The van der Waals surface area contributed by atoms with Gasteiger partial charge in [0.2, 0.25) is 5.95 Å². The quantitative estimate of drug-likeness (QED) is 0.195. The minimum absolute atomic E-state index is 0.0128. The van der Waals surface area contributed by atoms with E-state index in [1.807, 2.05) is 30.3 Å². The molecule has 10 nitrogen and oxygen atoms in total. The Kier molecular flexibility index (Phi) is 5.72. The molecule has 0 unspecified atom stereocenters. The molecule has 0 radical (unpaired) electrons. The van der Waals surface area contributed by atoms with Crippen LogP contribution in [-0.2, 0) is 9.47 Å². The molecular formula is C22H23ClN6O4. The van der Waals surface area contributed by atoms with Crippen LogP contribution in [0.3, 0.4) is 0 Å². The molecule has 2 fully saturated rings. The lowest BCUT2D eigenvalue weighted by Crippen LogP contribution is -2.41. The summed E-state index contributed by atoms with van der Waals surface area (Å²) in [5.41, 5.74) is 6.85. The number of benzene rings is 1. The molecular weight excluding hydrogens is 448 g/mol. The molecule has 1 saturated carbocycles. The number of nitrogens with one attached hydrogen (secondary N) is 1. The lowest BCUT2D eigenvalue weighted by molar-refractivity contribution is -0.0853. The van der Waals surface area contributed by atoms with Gasteiger partial charge in [0, 0.05) is 6.04 Å². The molecule has 1 saturated heterocycles. The monoisotopic (exact) mass is 470 g/mol. The Morgan fingerprint density at radius 3 is 2.85 bits per heavy atom. The van der Waals surface area contributed by atoms with Gasteiger partial charge in [-0.25, -0.2) is 4.98 Å². The number of hydrogen-bond donors (Lipinski definition) is 3. The first-order chi connectivity index (χ1) is 16.0. The van der Waals surface area contributed by atoms with Crippen molar-refractivity contribution in [2.24, 2.45) is 0 Å². The average molecular weight is 471 g/mol. The van der Waals surface area contributed by atoms with E-state index in [1.54, 1.807) is 4.57 Å². The number of nitrogens with two attached hydrogens (primary N) is 1. The average Bonchev–Trinajstić information content (AvgIpc) is 3.48. The fraction of sp³-hybridized carbons (Fsp3) is 0.409. The topological polar surface area (TPSA) is 130 Å². The Balaban J connectivity index is 1.34. The molecule has 1 aliphatic carbocycles. The van der Waals surface area contributed by atoms with E-state index in [4.69, 9.17) is 38.0 Å². The van der Waals surface area contributed by atoms with Crippen LogP contribution in [0.1, 0.15) is 19.1 Å². The summed E-state index contributed by atoms with van der Waals surface area (Å²) in [5.74, 6) is 3.75. The predicted octanol–water partition coefficient (Wildman–Crippen LogP) is 1.90. The van der Waals surface area contributed by atoms with Crippen LogP contribution < -0.4 is 15.8 Å². The van der Waals surface area contributed by atoms with Gasteiger partial charge < -0.3 is 30.4 Å². The van der Waals surface area contributed by atoms with E-state index in [1.165, 1.54) is 6.33 Å². The second kappa shape index (κ2) is 8.68. The van der Waals surface area contributed by atoms with Crippen LogP contribution in [0, 0.1) is 12.3 Å². The van der Waals surface area contributed by atoms with Crippen LogP contribution in [0.15, 0.2) is 36.7 Å². The highest BCUT2D eigenvalue weighted by Crippen LogP contribution is 2.44. The molecule has 1 aliphatic heterocycles. The van der Waals surface area contributed by atoms with E-state index >= 15 is 0 Å². The van der Waals surface area contributed by atoms with Gasteiger partial charge in [0.25, 0.3) is 0 Å². The number of fused-ring (bicyclic) bond motifs is 1.